The SMILES string of the molecule is O=C1CC(c2ccc(F)c(F)c2F)c2cnn(Cc3cccs3)c2N1. The number of nitrogens with one attached hydrogen (secondary N) is 1. The van der Waals surface area contributed by atoms with E-state index < -0.39 is 23.4 Å². The third-order valence-corrected chi connectivity index (χ3v) is 5.08. The summed E-state index contributed by atoms with van der Waals surface area (Å²) in [7, 11) is 0. The standard InChI is InChI=1S/C17H12F3N3OS/c18-13-4-3-10(15(19)16(13)20)11-6-14(24)22-17-12(11)7-21-23(17)8-9-2-1-5-25-9/h1-5,7,11H,6,8H2,(H,22,24). The molecule has 0 radical (unpaired) electrons. The number of carbonyl (C=O) groups excluding carboxylic acids is 1. The van der Waals surface area contributed by atoms with E-state index in [9.17, 15) is 18.0 Å². The lowest BCUT2D eigenvalue weighted by molar-refractivity contribution is -0.116. The minimum absolute atomic E-state index is 0.0503. The smallest absolute Gasteiger partial charge is 0.226 e. The first-order chi connectivity index (χ1) is 12.0. The van der Waals surface area contributed by atoms with E-state index in [2.05, 4.69) is 10.4 Å². The molecule has 0 saturated heterocycles. The van der Waals surface area contributed by atoms with Crippen molar-refractivity contribution in [1.82, 2.24) is 9.78 Å². The van der Waals surface area contributed by atoms with Gasteiger partial charge in [-0.05, 0) is 23.1 Å². The van der Waals surface area contributed by atoms with Crippen molar-refractivity contribution in [2.24, 2.45) is 0 Å². The molecule has 0 bridgehead atoms. The van der Waals surface area contributed by atoms with Gasteiger partial charge in [0, 0.05) is 22.8 Å². The maximum atomic E-state index is 14.2. The molecule has 4 nitrogen and oxygen atoms in total. The van der Waals surface area contributed by atoms with Gasteiger partial charge in [-0.2, -0.15) is 5.10 Å². The topological polar surface area (TPSA) is 46.9 Å². The van der Waals surface area contributed by atoms with E-state index in [1.165, 1.54) is 12.3 Å². The van der Waals surface area contributed by atoms with Crippen LogP contribution in [-0.2, 0) is 11.3 Å². The molecule has 128 valence electrons. The Bertz CT molecular complexity index is 952. The molecule has 0 aliphatic carbocycles. The van der Waals surface area contributed by atoms with E-state index in [4.69, 9.17) is 0 Å². The van der Waals surface area contributed by atoms with Gasteiger partial charge < -0.3 is 5.32 Å². The number of anilines is 1. The second-order valence-corrected chi connectivity index (χ2v) is 6.79. The Kier molecular flexibility index (Phi) is 3.84. The number of fused-ring (bicyclic) bond motifs is 1. The molecule has 3 heterocycles. The minimum Gasteiger partial charge on any atom is -0.311 e. The summed E-state index contributed by atoms with van der Waals surface area (Å²) in [5.41, 5.74) is 0.534. The summed E-state index contributed by atoms with van der Waals surface area (Å²) >= 11 is 1.55. The van der Waals surface area contributed by atoms with Crippen molar-refractivity contribution in [1.29, 1.82) is 0 Å². The van der Waals surface area contributed by atoms with Gasteiger partial charge in [0.05, 0.1) is 12.7 Å². The Balaban J connectivity index is 1.77. The molecule has 8 heteroatoms. The second kappa shape index (κ2) is 6.03. The number of nitrogens with zero attached hydrogens (tertiary/aromatic N) is 2. The highest BCUT2D eigenvalue weighted by Crippen LogP contribution is 2.39. The summed E-state index contributed by atoms with van der Waals surface area (Å²) in [6.07, 6.45) is 1.48. The van der Waals surface area contributed by atoms with Crippen molar-refractivity contribution in [3.8, 4) is 0 Å². The molecule has 3 aromatic rings. The maximum absolute atomic E-state index is 14.2. The first-order valence-corrected chi connectivity index (χ1v) is 8.44. The average molecular weight is 363 g/mol. The van der Waals surface area contributed by atoms with Crippen molar-refractivity contribution >= 4 is 23.1 Å². The normalized spacial score (nSPS) is 16.6. The Morgan fingerprint density at radius 3 is 2.80 bits per heavy atom. The molecular weight excluding hydrogens is 351 g/mol. The summed E-state index contributed by atoms with van der Waals surface area (Å²) in [4.78, 5) is 13.1. The highest BCUT2D eigenvalue weighted by atomic mass is 32.1. The number of amides is 1. The third-order valence-electron chi connectivity index (χ3n) is 4.22. The van der Waals surface area contributed by atoms with Gasteiger partial charge in [0.25, 0.3) is 0 Å². The molecule has 0 fully saturated rings. The fraction of sp³-hybridized carbons (Fsp3) is 0.176. The molecular formula is C17H12F3N3OS. The average Bonchev–Trinajstić information content (AvgIpc) is 3.23. The van der Waals surface area contributed by atoms with Crippen molar-refractivity contribution in [3.05, 3.63) is 69.3 Å². The molecule has 1 N–H and O–H groups in total. The van der Waals surface area contributed by atoms with Crippen LogP contribution in [0.4, 0.5) is 19.0 Å². The van der Waals surface area contributed by atoms with Gasteiger partial charge in [-0.15, -0.1) is 11.3 Å². The van der Waals surface area contributed by atoms with E-state index in [0.29, 0.717) is 17.9 Å². The molecule has 1 unspecified atom stereocenters. The van der Waals surface area contributed by atoms with Gasteiger partial charge in [-0.1, -0.05) is 12.1 Å². The van der Waals surface area contributed by atoms with Gasteiger partial charge in [0.2, 0.25) is 5.91 Å². The van der Waals surface area contributed by atoms with E-state index >= 15 is 0 Å². The molecule has 0 spiro atoms. The summed E-state index contributed by atoms with van der Waals surface area (Å²) < 4.78 is 42.6. The molecule has 1 amide bonds. The molecule has 2 aromatic heterocycles. The Morgan fingerprint density at radius 1 is 1.20 bits per heavy atom. The quantitative estimate of drug-likeness (QED) is 0.718. The summed E-state index contributed by atoms with van der Waals surface area (Å²) in [5.74, 6) is -4.63. The zero-order chi connectivity index (χ0) is 17.6. The lowest BCUT2D eigenvalue weighted by atomic mass is 9.87. The number of hydrogen-bond acceptors (Lipinski definition) is 3. The van der Waals surface area contributed by atoms with Crippen LogP contribution in [0.3, 0.4) is 0 Å². The van der Waals surface area contributed by atoms with Crippen LogP contribution >= 0.6 is 11.3 Å². The van der Waals surface area contributed by atoms with Crippen LogP contribution in [0.2, 0.25) is 0 Å². The van der Waals surface area contributed by atoms with Crippen LogP contribution in [0.1, 0.15) is 28.3 Å². The fourth-order valence-corrected chi connectivity index (χ4v) is 3.71. The first-order valence-electron chi connectivity index (χ1n) is 7.56. The van der Waals surface area contributed by atoms with Gasteiger partial charge in [-0.25, -0.2) is 17.9 Å². The second-order valence-electron chi connectivity index (χ2n) is 5.75. The zero-order valence-corrected chi connectivity index (χ0v) is 13.6. The molecule has 0 saturated carbocycles. The number of rotatable bonds is 3. The van der Waals surface area contributed by atoms with E-state index in [1.807, 2.05) is 17.5 Å². The third kappa shape index (κ3) is 2.72. The Labute approximate surface area is 144 Å². The zero-order valence-electron chi connectivity index (χ0n) is 12.8. The minimum atomic E-state index is -1.53. The van der Waals surface area contributed by atoms with E-state index in [0.717, 1.165) is 10.9 Å². The summed E-state index contributed by atoms with van der Waals surface area (Å²) in [5, 5.41) is 8.95. The van der Waals surface area contributed by atoms with Crippen LogP contribution in [0.15, 0.2) is 35.8 Å². The maximum Gasteiger partial charge on any atom is 0.226 e. The highest BCUT2D eigenvalue weighted by molar-refractivity contribution is 7.09. The number of aromatic nitrogens is 2. The Hall–Kier alpha value is -2.61. The van der Waals surface area contributed by atoms with Crippen LogP contribution in [0, 0.1) is 17.5 Å². The predicted molar refractivity (Wildman–Crippen MR) is 87.1 cm³/mol. The van der Waals surface area contributed by atoms with Gasteiger partial charge in [0.15, 0.2) is 17.5 Å². The van der Waals surface area contributed by atoms with Crippen LogP contribution in [0.5, 0.6) is 0 Å². The van der Waals surface area contributed by atoms with E-state index in [1.54, 1.807) is 16.0 Å². The van der Waals surface area contributed by atoms with Crippen molar-refractivity contribution < 1.29 is 18.0 Å². The van der Waals surface area contributed by atoms with Crippen LogP contribution < -0.4 is 5.32 Å². The van der Waals surface area contributed by atoms with Crippen molar-refractivity contribution in [2.45, 2.75) is 18.9 Å². The monoisotopic (exact) mass is 363 g/mol. The number of benzene rings is 1. The number of thiophene rings is 1. The lowest BCUT2D eigenvalue weighted by Crippen LogP contribution is -2.25. The number of carbonyl (C=O) groups is 1. The van der Waals surface area contributed by atoms with Gasteiger partial charge >= 0.3 is 0 Å². The van der Waals surface area contributed by atoms with Crippen molar-refractivity contribution in [2.75, 3.05) is 5.32 Å². The lowest BCUT2D eigenvalue weighted by Gasteiger charge is -2.24. The van der Waals surface area contributed by atoms with E-state index in [-0.39, 0.29) is 17.9 Å². The molecule has 1 aromatic carbocycles. The molecule has 1 aliphatic rings. The van der Waals surface area contributed by atoms with Gasteiger partial charge in [0.1, 0.15) is 5.82 Å². The largest absolute Gasteiger partial charge is 0.311 e. The predicted octanol–water partition coefficient (Wildman–Crippen LogP) is 3.88. The van der Waals surface area contributed by atoms with Gasteiger partial charge in [-0.3, -0.25) is 4.79 Å². The fourth-order valence-electron chi connectivity index (χ4n) is 3.03. The summed E-state index contributed by atoms with van der Waals surface area (Å²) in [6.45, 7) is 0.459. The van der Waals surface area contributed by atoms with Crippen LogP contribution in [-0.4, -0.2) is 15.7 Å². The Morgan fingerprint density at radius 2 is 2.04 bits per heavy atom. The first kappa shape index (κ1) is 15.9. The number of halogens is 3. The molecule has 1 aliphatic heterocycles. The van der Waals surface area contributed by atoms with Crippen LogP contribution in [0.25, 0.3) is 0 Å². The molecule has 25 heavy (non-hydrogen) atoms. The van der Waals surface area contributed by atoms with Crippen molar-refractivity contribution in [3.63, 3.8) is 0 Å². The molecule has 1 atom stereocenters. The highest BCUT2D eigenvalue weighted by Gasteiger charge is 2.32. The molecule has 4 rings (SSSR count). The summed E-state index contributed by atoms with van der Waals surface area (Å²) in [6, 6.07) is 5.90. The number of hydrogen-bond donors (Lipinski definition) is 1.